The monoisotopic (exact) mass is 381 g/mol. The zero-order valence-corrected chi connectivity index (χ0v) is 15.1. The summed E-state index contributed by atoms with van der Waals surface area (Å²) in [5, 5.41) is 10.1. The second-order valence-electron chi connectivity index (χ2n) is 6.74. The van der Waals surface area contributed by atoms with Crippen LogP contribution in [-0.2, 0) is 36.7 Å². The van der Waals surface area contributed by atoms with Crippen molar-refractivity contribution >= 4 is 5.91 Å². The topological polar surface area (TPSA) is 83.6 Å². The van der Waals surface area contributed by atoms with Gasteiger partial charge in [-0.25, -0.2) is 9.97 Å². The highest BCUT2D eigenvalue weighted by atomic mass is 19.4. The Hall–Kier alpha value is -2.45. The van der Waals surface area contributed by atoms with Gasteiger partial charge in [0, 0.05) is 37.2 Å². The molecule has 27 heavy (non-hydrogen) atoms. The highest BCUT2D eigenvalue weighted by Crippen LogP contribution is 2.27. The molecule has 2 heterocycles. The third-order valence-electron chi connectivity index (χ3n) is 4.59. The first-order valence-electron chi connectivity index (χ1n) is 9.06. The lowest BCUT2D eigenvalue weighted by molar-refractivity contribution is -0.141. The van der Waals surface area contributed by atoms with Gasteiger partial charge in [0.15, 0.2) is 0 Å². The predicted molar refractivity (Wildman–Crippen MR) is 92.0 cm³/mol. The van der Waals surface area contributed by atoms with E-state index in [0.717, 1.165) is 37.4 Å². The van der Waals surface area contributed by atoms with Gasteiger partial charge >= 0.3 is 6.18 Å². The first kappa shape index (κ1) is 19.3. The van der Waals surface area contributed by atoms with Gasteiger partial charge in [-0.05, 0) is 44.2 Å². The number of carbonyl (C=O) groups excluding carboxylic acids is 1. The van der Waals surface area contributed by atoms with Gasteiger partial charge in [-0.3, -0.25) is 9.89 Å². The quantitative estimate of drug-likeness (QED) is 0.806. The molecule has 146 valence electrons. The minimum absolute atomic E-state index is 0.0731. The molecule has 2 aromatic rings. The number of aromatic nitrogens is 4. The zero-order chi connectivity index (χ0) is 19.4. The van der Waals surface area contributed by atoms with Crippen molar-refractivity contribution in [2.45, 2.75) is 58.0 Å². The molecule has 1 aliphatic rings. The number of carbonyl (C=O) groups is 1. The van der Waals surface area contributed by atoms with E-state index in [1.165, 1.54) is 18.2 Å². The van der Waals surface area contributed by atoms with E-state index in [1.807, 2.05) is 0 Å². The maximum atomic E-state index is 12.8. The number of aromatic amines is 1. The Bertz CT molecular complexity index is 816. The van der Waals surface area contributed by atoms with Gasteiger partial charge in [-0.2, -0.15) is 18.3 Å². The molecule has 0 aliphatic heterocycles. The number of rotatable bonds is 6. The second-order valence-corrected chi connectivity index (χ2v) is 6.74. The Labute approximate surface area is 155 Å². The van der Waals surface area contributed by atoms with Gasteiger partial charge in [0.2, 0.25) is 5.91 Å². The number of halogens is 3. The van der Waals surface area contributed by atoms with Crippen molar-refractivity contribution in [3.8, 4) is 0 Å². The summed E-state index contributed by atoms with van der Waals surface area (Å²) in [6.45, 7) is 1.68. The first-order valence-corrected chi connectivity index (χ1v) is 9.06. The van der Waals surface area contributed by atoms with Crippen LogP contribution in [0.4, 0.5) is 13.2 Å². The normalized spacial score (nSPS) is 14.1. The lowest BCUT2D eigenvalue weighted by Gasteiger charge is -2.11. The molecule has 1 amide bonds. The molecule has 2 N–H and O–H groups in total. The highest BCUT2D eigenvalue weighted by Gasteiger charge is 2.33. The van der Waals surface area contributed by atoms with Crippen LogP contribution < -0.4 is 5.32 Å². The van der Waals surface area contributed by atoms with Gasteiger partial charge in [-0.1, -0.05) is 0 Å². The Morgan fingerprint density at radius 1 is 1.22 bits per heavy atom. The van der Waals surface area contributed by atoms with Crippen LogP contribution in [0.5, 0.6) is 0 Å². The van der Waals surface area contributed by atoms with Gasteiger partial charge < -0.3 is 5.32 Å². The molecule has 0 saturated carbocycles. The predicted octanol–water partition coefficient (Wildman–Crippen LogP) is 2.70. The summed E-state index contributed by atoms with van der Waals surface area (Å²) in [5.74, 6) is -0.0877. The van der Waals surface area contributed by atoms with Crippen LogP contribution in [0.1, 0.15) is 53.4 Å². The molecule has 0 spiro atoms. The molecular formula is C18H22F3N5O. The average Bonchev–Trinajstić information content (AvgIpc) is 3.02. The molecule has 1 aliphatic carbocycles. The number of hydrogen-bond acceptors (Lipinski definition) is 4. The molecule has 9 heteroatoms. The van der Waals surface area contributed by atoms with Crippen LogP contribution >= 0.6 is 0 Å². The van der Waals surface area contributed by atoms with Crippen molar-refractivity contribution in [1.29, 1.82) is 0 Å². The number of aryl methyl sites for hydroxylation is 3. The Balaban J connectivity index is 1.47. The van der Waals surface area contributed by atoms with E-state index in [-0.39, 0.29) is 30.4 Å². The van der Waals surface area contributed by atoms with Crippen molar-refractivity contribution < 1.29 is 18.0 Å². The number of alkyl halides is 3. The summed E-state index contributed by atoms with van der Waals surface area (Å²) < 4.78 is 38.4. The Morgan fingerprint density at radius 2 is 2.00 bits per heavy atom. The highest BCUT2D eigenvalue weighted by molar-refractivity contribution is 5.76. The number of hydrogen-bond donors (Lipinski definition) is 2. The lowest BCUT2D eigenvalue weighted by atomic mass is 9.94. The van der Waals surface area contributed by atoms with Crippen LogP contribution in [0.15, 0.2) is 6.07 Å². The van der Waals surface area contributed by atoms with Crippen LogP contribution in [-0.4, -0.2) is 32.6 Å². The van der Waals surface area contributed by atoms with Crippen molar-refractivity contribution in [1.82, 2.24) is 25.5 Å². The Morgan fingerprint density at radius 3 is 2.78 bits per heavy atom. The van der Waals surface area contributed by atoms with E-state index in [4.69, 9.17) is 0 Å². The number of fused-ring (bicyclic) bond motifs is 1. The number of nitrogens with one attached hydrogen (secondary N) is 2. The minimum Gasteiger partial charge on any atom is -0.356 e. The standard InChI is InChI=1S/C18H22F3N5O/c1-11-10-15(18(19,20)21)24-16(23-11)8-9-22-17(27)7-6-14-12-4-2-3-5-13(12)25-26-14/h10H,2-9H2,1H3,(H,22,27)(H,25,26). The molecule has 0 radical (unpaired) electrons. The summed E-state index contributed by atoms with van der Waals surface area (Å²) >= 11 is 0. The molecule has 0 aromatic carbocycles. The summed E-state index contributed by atoms with van der Waals surface area (Å²) in [5.41, 5.74) is 2.65. The van der Waals surface area contributed by atoms with E-state index in [9.17, 15) is 18.0 Å². The maximum Gasteiger partial charge on any atom is 0.433 e. The number of amides is 1. The Kier molecular flexibility index (Phi) is 5.76. The maximum absolute atomic E-state index is 12.8. The first-order chi connectivity index (χ1) is 12.8. The fraction of sp³-hybridized carbons (Fsp3) is 0.556. The van der Waals surface area contributed by atoms with Gasteiger partial charge in [0.05, 0.1) is 5.69 Å². The summed E-state index contributed by atoms with van der Waals surface area (Å²) in [6.07, 6.45) is 0.785. The van der Waals surface area contributed by atoms with Gasteiger partial charge in [0.1, 0.15) is 11.5 Å². The minimum atomic E-state index is -4.51. The molecule has 0 atom stereocenters. The molecule has 0 unspecified atom stereocenters. The van der Waals surface area contributed by atoms with Crippen LogP contribution in [0.2, 0.25) is 0 Å². The third-order valence-corrected chi connectivity index (χ3v) is 4.59. The fourth-order valence-electron chi connectivity index (χ4n) is 3.28. The SMILES string of the molecule is Cc1cc(C(F)(F)F)nc(CCNC(=O)CCc2n[nH]c3c2CCCC3)n1. The van der Waals surface area contributed by atoms with Crippen LogP contribution in [0, 0.1) is 6.92 Å². The van der Waals surface area contributed by atoms with E-state index in [2.05, 4.69) is 25.5 Å². The van der Waals surface area contributed by atoms with Crippen molar-refractivity contribution in [2.75, 3.05) is 6.54 Å². The van der Waals surface area contributed by atoms with Crippen molar-refractivity contribution in [2.24, 2.45) is 0 Å². The fourth-order valence-corrected chi connectivity index (χ4v) is 3.28. The average molecular weight is 381 g/mol. The van der Waals surface area contributed by atoms with E-state index in [0.29, 0.717) is 12.8 Å². The van der Waals surface area contributed by atoms with E-state index >= 15 is 0 Å². The van der Waals surface area contributed by atoms with Crippen LogP contribution in [0.3, 0.4) is 0 Å². The summed E-state index contributed by atoms with van der Waals surface area (Å²) in [4.78, 5) is 19.6. The van der Waals surface area contributed by atoms with Gasteiger partial charge in [-0.15, -0.1) is 0 Å². The van der Waals surface area contributed by atoms with Crippen molar-refractivity contribution in [3.05, 3.63) is 40.2 Å². The number of H-pyrrole nitrogens is 1. The molecule has 0 saturated heterocycles. The van der Waals surface area contributed by atoms with Gasteiger partial charge in [0.25, 0.3) is 0 Å². The zero-order valence-electron chi connectivity index (χ0n) is 15.1. The van der Waals surface area contributed by atoms with Crippen molar-refractivity contribution in [3.63, 3.8) is 0 Å². The molecule has 0 fully saturated rings. The van der Waals surface area contributed by atoms with E-state index < -0.39 is 11.9 Å². The number of nitrogens with zero attached hydrogens (tertiary/aromatic N) is 3. The molecule has 3 rings (SSSR count). The summed E-state index contributed by atoms with van der Waals surface area (Å²) in [6, 6.07) is 0.909. The third kappa shape index (κ3) is 5.05. The molecule has 6 nitrogen and oxygen atoms in total. The van der Waals surface area contributed by atoms with Crippen LogP contribution in [0.25, 0.3) is 0 Å². The lowest BCUT2D eigenvalue weighted by Crippen LogP contribution is -2.27. The molecule has 2 aromatic heterocycles. The molecule has 0 bridgehead atoms. The second kappa shape index (κ2) is 8.06. The van der Waals surface area contributed by atoms with E-state index in [1.54, 1.807) is 0 Å². The largest absolute Gasteiger partial charge is 0.433 e. The smallest absolute Gasteiger partial charge is 0.356 e. The molecular weight excluding hydrogens is 359 g/mol. The summed E-state index contributed by atoms with van der Waals surface area (Å²) in [7, 11) is 0.